The first-order valence-corrected chi connectivity index (χ1v) is 6.93. The lowest BCUT2D eigenvalue weighted by Crippen LogP contribution is -2.29. The van der Waals surface area contributed by atoms with Gasteiger partial charge in [0, 0.05) is 10.1 Å². The van der Waals surface area contributed by atoms with E-state index in [1.165, 1.54) is 21.1 Å². The van der Waals surface area contributed by atoms with Crippen LogP contribution in [0, 0.1) is 0 Å². The molecule has 1 atom stereocenters. The first kappa shape index (κ1) is 8.59. The van der Waals surface area contributed by atoms with Gasteiger partial charge in [0.25, 0.3) is 0 Å². The maximum atomic E-state index is 8.54. The highest BCUT2D eigenvalue weighted by molar-refractivity contribution is 5.42. The highest BCUT2D eigenvalue weighted by atomic mass is 16.5. The molecule has 22 heavy (non-hydrogen) atoms. The Labute approximate surface area is 144 Å². The molecule has 0 radical (unpaired) electrons. The van der Waals surface area contributed by atoms with Crippen molar-refractivity contribution < 1.29 is 20.5 Å². The van der Waals surface area contributed by atoms with Crippen LogP contribution in [0.25, 0.3) is 0 Å². The van der Waals surface area contributed by atoms with E-state index in [0.717, 1.165) is 16.9 Å². The summed E-state index contributed by atoms with van der Waals surface area (Å²) >= 11 is 0. The molecule has 0 aliphatic rings. The number of nitrogens with one attached hydrogen (secondary N) is 1. The Hall–Kier alpha value is -2.00. The van der Waals surface area contributed by atoms with Gasteiger partial charge < -0.3 is 14.8 Å². The molecule has 0 aromatic heterocycles. The van der Waals surface area contributed by atoms with Crippen LogP contribution >= 0.6 is 0 Å². The van der Waals surface area contributed by atoms with Gasteiger partial charge in [-0.3, -0.25) is 0 Å². The van der Waals surface area contributed by atoms with Crippen molar-refractivity contribution in [2.45, 2.75) is 25.7 Å². The zero-order chi connectivity index (χ0) is 22.9. The molecule has 0 unspecified atom stereocenters. The van der Waals surface area contributed by atoms with Gasteiger partial charge in [-0.1, -0.05) is 36.3 Å². The molecule has 0 heterocycles. The fraction of sp³-hybridized carbons (Fsp3) is 0.368. The Bertz CT molecular complexity index is 920. The van der Waals surface area contributed by atoms with E-state index in [-0.39, 0.29) is 12.1 Å². The van der Waals surface area contributed by atoms with Crippen LogP contribution in [0.2, 0.25) is 1.41 Å². The maximum Gasteiger partial charge on any atom is 0.160 e. The summed E-state index contributed by atoms with van der Waals surface area (Å²) in [5.74, 6) is 1.08. The van der Waals surface area contributed by atoms with Crippen LogP contribution in [0.15, 0.2) is 48.4 Å². The minimum atomic E-state index is -2.54. The van der Waals surface area contributed by atoms with Crippen LogP contribution in [0.1, 0.15) is 27.6 Å². The summed E-state index contributed by atoms with van der Waals surface area (Å²) < 4.78 is 75.3. The highest BCUT2D eigenvalue weighted by Gasteiger charge is 2.06. The number of benzene rings is 2. The number of methoxy groups -OCH3 is 2. The predicted molar refractivity (Wildman–Crippen MR) is 90.9 cm³/mol. The summed E-state index contributed by atoms with van der Waals surface area (Å²) in [4.78, 5) is 0. The zero-order valence-electron chi connectivity index (χ0n) is 21.0. The van der Waals surface area contributed by atoms with Crippen LogP contribution in [0.5, 0.6) is 11.5 Å². The molecule has 0 amide bonds. The average Bonchev–Trinajstić information content (AvgIpc) is 2.72. The quantitative estimate of drug-likeness (QED) is 0.810. The lowest BCUT2D eigenvalue weighted by Gasteiger charge is -2.14. The third-order valence-electron chi connectivity index (χ3n) is 3.06. The summed E-state index contributed by atoms with van der Waals surface area (Å²) in [6, 6.07) is 2.15. The molecule has 2 aromatic carbocycles. The molecule has 118 valence electrons. The van der Waals surface area contributed by atoms with E-state index < -0.39 is 36.6 Å². The van der Waals surface area contributed by atoms with Crippen molar-refractivity contribution in [3.05, 3.63) is 59.6 Å². The second-order valence-corrected chi connectivity index (χ2v) is 4.61. The average molecular weight is 307 g/mol. The van der Waals surface area contributed by atoms with E-state index >= 15 is 0 Å². The van der Waals surface area contributed by atoms with Crippen molar-refractivity contribution in [3.8, 4) is 11.5 Å². The largest absolute Gasteiger partial charge is 0.493 e. The highest BCUT2D eigenvalue weighted by Crippen LogP contribution is 2.27. The molecule has 0 aliphatic carbocycles. The fourth-order valence-electron chi connectivity index (χ4n) is 1.97. The van der Waals surface area contributed by atoms with Crippen molar-refractivity contribution in [2.24, 2.45) is 0 Å². The summed E-state index contributed by atoms with van der Waals surface area (Å²) in [7, 11) is 3.03. The summed E-state index contributed by atoms with van der Waals surface area (Å²) in [5, 5.41) is 0.783. The van der Waals surface area contributed by atoms with Crippen molar-refractivity contribution in [3.63, 3.8) is 0 Å². The van der Waals surface area contributed by atoms with Crippen molar-refractivity contribution in [2.75, 3.05) is 20.8 Å². The van der Waals surface area contributed by atoms with Crippen molar-refractivity contribution in [1.29, 1.82) is 0 Å². The Morgan fingerprint density at radius 3 is 2.77 bits per heavy atom. The van der Waals surface area contributed by atoms with Gasteiger partial charge in [0.15, 0.2) is 11.5 Å². The second-order valence-electron chi connectivity index (χ2n) is 4.61. The molecule has 3 nitrogen and oxygen atoms in total. The lowest BCUT2D eigenvalue weighted by atomic mass is 10.1. The topological polar surface area (TPSA) is 30.5 Å². The van der Waals surface area contributed by atoms with Gasteiger partial charge >= 0.3 is 0 Å². The summed E-state index contributed by atoms with van der Waals surface area (Å²) in [6.07, 6.45) is -2.20. The first-order chi connectivity index (χ1) is 13.9. The third-order valence-corrected chi connectivity index (χ3v) is 3.06. The van der Waals surface area contributed by atoms with Crippen LogP contribution in [0.3, 0.4) is 0 Å². The van der Waals surface area contributed by atoms with Gasteiger partial charge in [-0.25, -0.2) is 0 Å². The summed E-state index contributed by atoms with van der Waals surface area (Å²) in [5.41, 5.74) is 0.456. The Balaban J connectivity index is 2.27. The monoisotopic (exact) mass is 307 g/mol. The molecule has 0 fully saturated rings. The van der Waals surface area contributed by atoms with Gasteiger partial charge in [-0.15, -0.1) is 0 Å². The van der Waals surface area contributed by atoms with Gasteiger partial charge in [-0.2, -0.15) is 0 Å². The Morgan fingerprint density at radius 2 is 2.00 bits per heavy atom. The lowest BCUT2D eigenvalue weighted by molar-refractivity contribution is 0.354. The van der Waals surface area contributed by atoms with Gasteiger partial charge in [0.2, 0.25) is 0 Å². The van der Waals surface area contributed by atoms with E-state index in [4.69, 9.17) is 20.5 Å². The standard InChI is InChI=1S/C19H25NO2/c1-15(13-16-7-5-4-6-8-16)20-12-11-17-9-10-18(21-2)19(14-17)22-3/h4-10,14-15,20H,11-13H2,1-3H3/t15-/m0/s1/i4D,5D,6D,7D,13D2,15D/hD. The third kappa shape index (κ3) is 4.78. The molecule has 0 spiro atoms. The fourth-order valence-corrected chi connectivity index (χ4v) is 1.97. The van der Waals surface area contributed by atoms with E-state index in [1.807, 2.05) is 0 Å². The molecule has 2 rings (SSSR count). The van der Waals surface area contributed by atoms with Gasteiger partial charge in [0.05, 0.1) is 19.7 Å². The summed E-state index contributed by atoms with van der Waals surface area (Å²) in [6.45, 7) is 1.23. The number of hydrogen-bond acceptors (Lipinski definition) is 3. The van der Waals surface area contributed by atoms with Crippen molar-refractivity contribution >= 4 is 0 Å². The molecule has 0 aliphatic heterocycles. The van der Waals surface area contributed by atoms with Gasteiger partial charge in [0.1, 0.15) is 1.41 Å². The van der Waals surface area contributed by atoms with Crippen LogP contribution < -0.4 is 14.8 Å². The number of hydrogen-bond donors (Lipinski definition) is 1. The van der Waals surface area contributed by atoms with E-state index in [2.05, 4.69) is 0 Å². The van der Waals surface area contributed by atoms with E-state index in [9.17, 15) is 0 Å². The first-order valence-electron chi connectivity index (χ1n) is 10.9. The maximum absolute atomic E-state index is 8.54. The van der Waals surface area contributed by atoms with E-state index in [0.29, 0.717) is 17.9 Å². The van der Waals surface area contributed by atoms with Crippen LogP contribution in [-0.2, 0) is 12.8 Å². The zero-order valence-corrected chi connectivity index (χ0v) is 13.0. The molecule has 0 saturated heterocycles. The van der Waals surface area contributed by atoms with Crippen LogP contribution in [0.4, 0.5) is 0 Å². The SMILES string of the molecule is [2H]c1cc(C([2H])([2H])[C@]([2H])(C)N([2H])CCc2ccc(OC)c(OC)c2)c([2H])c([2H])c1[2H]. The predicted octanol–water partition coefficient (Wildman–Crippen LogP) is 3.47. The smallest absolute Gasteiger partial charge is 0.160 e. The second kappa shape index (κ2) is 8.44. The molecule has 0 bridgehead atoms. The minimum absolute atomic E-state index is 0.0142. The molecule has 1 N–H and O–H groups in total. The molecular weight excluding hydrogens is 274 g/mol. The molecule has 0 saturated carbocycles. The minimum Gasteiger partial charge on any atom is -0.493 e. The molecular formula is C19H25NO2. The normalized spacial score (nSPS) is 19.5. The van der Waals surface area contributed by atoms with E-state index in [1.54, 1.807) is 18.2 Å². The van der Waals surface area contributed by atoms with Crippen LogP contribution in [-0.4, -0.2) is 26.8 Å². The van der Waals surface area contributed by atoms with Crippen molar-refractivity contribution in [1.82, 2.24) is 5.31 Å². The number of rotatable bonds is 8. The van der Waals surface area contributed by atoms with Gasteiger partial charge in [-0.05, 0) is 49.5 Å². The Kier molecular flexibility index (Phi) is 3.30. The number of ether oxygens (including phenoxy) is 2. The molecule has 3 heteroatoms. The molecule has 2 aromatic rings. The Morgan fingerprint density at radius 1 is 1.18 bits per heavy atom.